The quantitative estimate of drug-likeness (QED) is 0.191. The fourth-order valence-electron chi connectivity index (χ4n) is 6.41. The van der Waals surface area contributed by atoms with E-state index in [0.717, 1.165) is 48.4 Å². The maximum Gasteiger partial charge on any atom is 0.306 e. The number of benzene rings is 1. The highest BCUT2D eigenvalue weighted by atomic mass is 32.2. The smallest absolute Gasteiger partial charge is 0.306 e. The highest BCUT2D eigenvalue weighted by Gasteiger charge is 2.34. The number of carbonyl (C=O) groups is 3. The monoisotopic (exact) mass is 685 g/mol. The van der Waals surface area contributed by atoms with Crippen molar-refractivity contribution in [1.82, 2.24) is 9.97 Å². The number of halogens is 3. The van der Waals surface area contributed by atoms with Crippen LogP contribution >= 0.6 is 0 Å². The third-order valence-corrected chi connectivity index (χ3v) is 9.21. The first-order chi connectivity index (χ1) is 22.6. The molecule has 0 amide bonds. The number of ketones is 1. The molecule has 0 bridgehead atoms. The summed E-state index contributed by atoms with van der Waals surface area (Å²) in [6.45, 7) is 7.95. The van der Waals surface area contributed by atoms with Gasteiger partial charge in [-0.25, -0.2) is 18.2 Å². The lowest BCUT2D eigenvalue weighted by molar-refractivity contribution is -0.156. The summed E-state index contributed by atoms with van der Waals surface area (Å²) in [6, 6.07) is 3.79. The van der Waals surface area contributed by atoms with Crippen molar-refractivity contribution in [2.75, 3.05) is 24.2 Å². The van der Waals surface area contributed by atoms with E-state index in [1.807, 2.05) is 20.8 Å². The number of pyridine rings is 2. The zero-order valence-electron chi connectivity index (χ0n) is 27.5. The standard InChI is InChI=1S/C35H38F3N3O6S/c1-19(42)46-29-11-8-23-32(29)39-17-21(34(23)41-12-6-7-20(18-41)13-30(44)47-35(2,3)4)14-28(43)27-10-9-24(36)33(40-27)31-25(37)15-22(48(5)45)16-26(31)38/h9-10,15-17,20,29H,6-8,11-14,18H2,1-5H3/t20-,29?,48?/m1/s1. The molecule has 1 fully saturated rings. The normalized spacial score (nSPS) is 18.3. The van der Waals surface area contributed by atoms with E-state index in [1.165, 1.54) is 13.2 Å². The fourth-order valence-corrected chi connectivity index (χ4v) is 6.95. The topological polar surface area (TPSA) is 116 Å². The number of Topliss-reactive ketones (excluding diaryl/α,β-unsaturated/α-hetero) is 1. The van der Waals surface area contributed by atoms with Gasteiger partial charge in [0, 0.05) is 71.4 Å². The summed E-state index contributed by atoms with van der Waals surface area (Å²) >= 11 is 0. The van der Waals surface area contributed by atoms with Crippen LogP contribution in [0.1, 0.15) is 86.8 Å². The molecule has 256 valence electrons. The Bertz CT molecular complexity index is 1770. The van der Waals surface area contributed by atoms with Crippen molar-refractivity contribution in [3.8, 4) is 11.3 Å². The number of carbonyl (C=O) groups excluding carboxylic acids is 3. The van der Waals surface area contributed by atoms with E-state index >= 15 is 0 Å². The van der Waals surface area contributed by atoms with Gasteiger partial charge in [0.1, 0.15) is 40.5 Å². The fraction of sp³-hybridized carbons (Fsp3) is 0.457. The first-order valence-corrected chi connectivity index (χ1v) is 17.3. The molecule has 0 N–H and O–H groups in total. The van der Waals surface area contributed by atoms with E-state index < -0.39 is 63.0 Å². The molecule has 1 aromatic carbocycles. The lowest BCUT2D eigenvalue weighted by Crippen LogP contribution is -2.38. The molecule has 2 unspecified atom stereocenters. The van der Waals surface area contributed by atoms with E-state index in [4.69, 9.17) is 9.47 Å². The van der Waals surface area contributed by atoms with E-state index in [9.17, 15) is 31.8 Å². The average Bonchev–Trinajstić information content (AvgIpc) is 3.38. The van der Waals surface area contributed by atoms with Crippen LogP contribution in [0.25, 0.3) is 11.3 Å². The summed E-state index contributed by atoms with van der Waals surface area (Å²) in [5.41, 5.74) is 0.504. The molecule has 3 aromatic rings. The molecule has 1 aliphatic heterocycles. The molecule has 0 spiro atoms. The number of esters is 2. The Morgan fingerprint density at radius 1 is 1.06 bits per heavy atom. The predicted molar refractivity (Wildman–Crippen MR) is 172 cm³/mol. The zero-order valence-corrected chi connectivity index (χ0v) is 28.3. The number of rotatable bonds is 9. The molecule has 3 heterocycles. The van der Waals surface area contributed by atoms with Crippen molar-refractivity contribution in [3.63, 3.8) is 0 Å². The van der Waals surface area contributed by atoms with Crippen molar-refractivity contribution in [2.45, 2.75) is 82.8 Å². The van der Waals surface area contributed by atoms with Crippen LogP contribution in [-0.2, 0) is 42.7 Å². The molecule has 3 atom stereocenters. The van der Waals surface area contributed by atoms with Crippen molar-refractivity contribution >= 4 is 34.2 Å². The number of nitrogens with zero attached hydrogens (tertiary/aromatic N) is 3. The van der Waals surface area contributed by atoms with Gasteiger partial charge in [0.2, 0.25) is 0 Å². The van der Waals surface area contributed by atoms with Crippen LogP contribution in [0.2, 0.25) is 0 Å². The highest BCUT2D eigenvalue weighted by molar-refractivity contribution is 7.84. The summed E-state index contributed by atoms with van der Waals surface area (Å²) in [6.07, 6.45) is 4.97. The van der Waals surface area contributed by atoms with Crippen LogP contribution in [0.3, 0.4) is 0 Å². The van der Waals surface area contributed by atoms with Gasteiger partial charge in [-0.05, 0) is 76.6 Å². The summed E-state index contributed by atoms with van der Waals surface area (Å²) in [5.74, 6) is -4.62. The largest absolute Gasteiger partial charge is 0.460 e. The minimum Gasteiger partial charge on any atom is -0.460 e. The second kappa shape index (κ2) is 14.2. The van der Waals surface area contributed by atoms with Crippen LogP contribution in [-0.4, -0.2) is 56.8 Å². The van der Waals surface area contributed by atoms with Crippen molar-refractivity contribution in [2.24, 2.45) is 5.92 Å². The first kappa shape index (κ1) is 35.2. The molecule has 2 aliphatic rings. The van der Waals surface area contributed by atoms with E-state index in [0.29, 0.717) is 37.2 Å². The number of ether oxygens (including phenoxy) is 2. The maximum absolute atomic E-state index is 15.0. The molecule has 13 heteroatoms. The number of anilines is 1. The Morgan fingerprint density at radius 3 is 2.42 bits per heavy atom. The summed E-state index contributed by atoms with van der Waals surface area (Å²) < 4.78 is 67.7. The molecule has 1 saturated heterocycles. The van der Waals surface area contributed by atoms with Gasteiger partial charge >= 0.3 is 11.9 Å². The molecule has 9 nitrogen and oxygen atoms in total. The van der Waals surface area contributed by atoms with Gasteiger partial charge in [-0.2, -0.15) is 0 Å². The Kier molecular flexibility index (Phi) is 10.4. The van der Waals surface area contributed by atoms with Gasteiger partial charge in [-0.3, -0.25) is 23.6 Å². The van der Waals surface area contributed by atoms with Crippen LogP contribution in [0, 0.1) is 23.4 Å². The van der Waals surface area contributed by atoms with E-state index in [1.54, 1.807) is 6.20 Å². The molecular formula is C35H38F3N3O6S. The molecule has 0 radical (unpaired) electrons. The molecule has 5 rings (SSSR count). The number of hydrogen-bond acceptors (Lipinski definition) is 9. The number of fused-ring (bicyclic) bond motifs is 1. The van der Waals surface area contributed by atoms with Crippen LogP contribution in [0.5, 0.6) is 0 Å². The van der Waals surface area contributed by atoms with Crippen molar-refractivity contribution in [3.05, 3.63) is 70.4 Å². The average molecular weight is 686 g/mol. The Hall–Kier alpha value is -4.13. The maximum atomic E-state index is 15.0. The van der Waals surface area contributed by atoms with Gasteiger partial charge in [0.25, 0.3) is 0 Å². The second-order valence-corrected chi connectivity index (χ2v) is 14.6. The van der Waals surface area contributed by atoms with Crippen LogP contribution in [0.15, 0.2) is 35.4 Å². The van der Waals surface area contributed by atoms with E-state index in [2.05, 4.69) is 14.9 Å². The van der Waals surface area contributed by atoms with Gasteiger partial charge < -0.3 is 14.4 Å². The minimum atomic E-state index is -1.68. The molecule has 48 heavy (non-hydrogen) atoms. The number of hydrogen-bond donors (Lipinski definition) is 0. The first-order valence-electron chi connectivity index (χ1n) is 15.8. The van der Waals surface area contributed by atoms with E-state index in [-0.39, 0.29) is 35.3 Å². The molecule has 2 aromatic heterocycles. The van der Waals surface area contributed by atoms with Crippen molar-refractivity contribution in [1.29, 1.82) is 0 Å². The third-order valence-electron chi connectivity index (χ3n) is 8.31. The lowest BCUT2D eigenvalue weighted by Gasteiger charge is -2.36. The number of piperidine rings is 1. The van der Waals surface area contributed by atoms with Gasteiger partial charge in [0.05, 0.1) is 17.7 Å². The highest BCUT2D eigenvalue weighted by Crippen LogP contribution is 2.42. The molecule has 1 aliphatic carbocycles. The molecular weight excluding hydrogens is 647 g/mol. The second-order valence-electron chi connectivity index (χ2n) is 13.2. The minimum absolute atomic E-state index is 0.00530. The SMILES string of the molecule is CC(=O)OC1CCc2c1ncc(CC(=O)c1ccc(F)c(-c3c(F)cc(S(C)=O)cc3F)n1)c2N1CCC[C@H](CC(=O)OC(C)(C)C)C1. The van der Waals surface area contributed by atoms with Gasteiger partial charge in [0.15, 0.2) is 5.78 Å². The lowest BCUT2D eigenvalue weighted by atomic mass is 9.92. The Balaban J connectivity index is 1.48. The predicted octanol–water partition coefficient (Wildman–Crippen LogP) is 6.22. The zero-order chi connectivity index (χ0) is 34.9. The summed E-state index contributed by atoms with van der Waals surface area (Å²) in [4.78, 5) is 48.9. The Morgan fingerprint density at radius 2 is 1.77 bits per heavy atom. The van der Waals surface area contributed by atoms with Crippen LogP contribution in [0.4, 0.5) is 18.9 Å². The number of aromatic nitrogens is 2. The third kappa shape index (κ3) is 7.94. The summed E-state index contributed by atoms with van der Waals surface area (Å²) in [5, 5.41) is 0. The van der Waals surface area contributed by atoms with Crippen LogP contribution < -0.4 is 4.90 Å². The van der Waals surface area contributed by atoms with Gasteiger partial charge in [-0.1, -0.05) is 0 Å². The van der Waals surface area contributed by atoms with Gasteiger partial charge in [-0.15, -0.1) is 0 Å². The Labute approximate surface area is 279 Å². The van der Waals surface area contributed by atoms with Crippen molar-refractivity contribution < 1.29 is 41.2 Å². The molecule has 0 saturated carbocycles. The summed E-state index contributed by atoms with van der Waals surface area (Å²) in [7, 11) is -1.68.